The molecule has 4 heteroatoms. The summed E-state index contributed by atoms with van der Waals surface area (Å²) in [7, 11) is 1.79. The number of likely N-dealkylation sites (N-methyl/N-ethyl adjacent to an activating group) is 1. The lowest BCUT2D eigenvalue weighted by atomic mass is 10.1. The normalized spacial score (nSPS) is 19.4. The fraction of sp³-hybridized carbons (Fsp3) is 0.500. The number of carbonyl (C=O) groups excluding carboxylic acids is 1. The van der Waals surface area contributed by atoms with Crippen LogP contribution in [-0.4, -0.2) is 35.6 Å². The molecular formula is C14H19NO3. The number of ether oxygens (including phenoxy) is 1. The van der Waals surface area contributed by atoms with Gasteiger partial charge >= 0.3 is 0 Å². The first-order valence-electron chi connectivity index (χ1n) is 6.15. The molecule has 98 valence electrons. The molecule has 0 aromatic heterocycles. The zero-order valence-corrected chi connectivity index (χ0v) is 11.1. The van der Waals surface area contributed by atoms with Gasteiger partial charge in [-0.15, -0.1) is 0 Å². The quantitative estimate of drug-likeness (QED) is 0.881. The maximum atomic E-state index is 11.8. The molecule has 1 amide bonds. The highest BCUT2D eigenvalue weighted by Gasteiger charge is 2.31. The van der Waals surface area contributed by atoms with Crippen LogP contribution < -0.4 is 4.74 Å². The highest BCUT2D eigenvalue weighted by molar-refractivity contribution is 5.83. The van der Waals surface area contributed by atoms with E-state index in [1.54, 1.807) is 11.9 Å². The van der Waals surface area contributed by atoms with E-state index >= 15 is 0 Å². The molecule has 1 saturated heterocycles. The van der Waals surface area contributed by atoms with E-state index in [1.807, 2.05) is 26.0 Å². The van der Waals surface area contributed by atoms with Crippen molar-refractivity contribution >= 4 is 5.91 Å². The second kappa shape index (κ2) is 4.98. The Bertz CT molecular complexity index is 447. The fourth-order valence-corrected chi connectivity index (χ4v) is 2.36. The molecule has 0 bridgehead atoms. The smallest absolute Gasteiger partial charge is 0.263 e. The molecule has 4 nitrogen and oxygen atoms in total. The van der Waals surface area contributed by atoms with Gasteiger partial charge in [0.2, 0.25) is 0 Å². The molecule has 1 heterocycles. The molecule has 18 heavy (non-hydrogen) atoms. The van der Waals surface area contributed by atoms with Crippen molar-refractivity contribution in [2.45, 2.75) is 33.0 Å². The Morgan fingerprint density at radius 3 is 2.44 bits per heavy atom. The monoisotopic (exact) mass is 249 g/mol. The Labute approximate surface area is 107 Å². The number of carbonyl (C=O) groups is 1. The topological polar surface area (TPSA) is 49.8 Å². The van der Waals surface area contributed by atoms with E-state index in [0.717, 1.165) is 35.4 Å². The number of aryl methyl sites for hydroxylation is 2. The highest BCUT2D eigenvalue weighted by Crippen LogP contribution is 2.28. The molecule has 0 spiro atoms. The van der Waals surface area contributed by atoms with Gasteiger partial charge in [0.15, 0.2) is 6.10 Å². The standard InChI is InChI=1S/C14H19NO3/c1-9-6-11(8-16)7-10(2)13(9)18-12-4-5-15(3)14(12)17/h6-7,12,16H,4-5,8H2,1-3H3. The number of aliphatic hydroxyl groups is 1. The maximum absolute atomic E-state index is 11.8. The highest BCUT2D eigenvalue weighted by atomic mass is 16.5. The first-order valence-corrected chi connectivity index (χ1v) is 6.15. The van der Waals surface area contributed by atoms with Crippen LogP contribution in [0.3, 0.4) is 0 Å². The molecule has 1 N–H and O–H groups in total. The summed E-state index contributed by atoms with van der Waals surface area (Å²) < 4.78 is 5.85. The third kappa shape index (κ3) is 2.34. The van der Waals surface area contributed by atoms with Gasteiger partial charge in [-0.25, -0.2) is 0 Å². The lowest BCUT2D eigenvalue weighted by Gasteiger charge is -2.17. The van der Waals surface area contributed by atoms with Crippen LogP contribution in [0.5, 0.6) is 5.75 Å². The minimum absolute atomic E-state index is 0.0209. The van der Waals surface area contributed by atoms with Gasteiger partial charge < -0.3 is 14.7 Å². The summed E-state index contributed by atoms with van der Waals surface area (Å²) in [5.41, 5.74) is 2.79. The van der Waals surface area contributed by atoms with Gasteiger partial charge in [-0.05, 0) is 30.5 Å². The van der Waals surface area contributed by atoms with Crippen LogP contribution in [0.15, 0.2) is 12.1 Å². The van der Waals surface area contributed by atoms with Crippen LogP contribution in [-0.2, 0) is 11.4 Å². The van der Waals surface area contributed by atoms with Gasteiger partial charge in [0.05, 0.1) is 6.61 Å². The van der Waals surface area contributed by atoms with Crippen molar-refractivity contribution in [2.24, 2.45) is 0 Å². The minimum atomic E-state index is -0.368. The van der Waals surface area contributed by atoms with Crippen LogP contribution in [0, 0.1) is 13.8 Å². The third-order valence-corrected chi connectivity index (χ3v) is 3.34. The van der Waals surface area contributed by atoms with Crippen LogP contribution in [0.2, 0.25) is 0 Å². The summed E-state index contributed by atoms with van der Waals surface area (Å²) in [5.74, 6) is 0.806. The molecule has 0 saturated carbocycles. The summed E-state index contributed by atoms with van der Waals surface area (Å²) >= 11 is 0. The Hall–Kier alpha value is -1.55. The van der Waals surface area contributed by atoms with Crippen molar-refractivity contribution in [3.63, 3.8) is 0 Å². The van der Waals surface area contributed by atoms with E-state index in [0.29, 0.717) is 0 Å². The van der Waals surface area contributed by atoms with E-state index in [-0.39, 0.29) is 18.6 Å². The maximum Gasteiger partial charge on any atom is 0.263 e. The first kappa shape index (κ1) is 12.9. The SMILES string of the molecule is Cc1cc(CO)cc(C)c1OC1CCN(C)C1=O. The predicted octanol–water partition coefficient (Wildman–Crippen LogP) is 1.41. The Kier molecular flexibility index (Phi) is 3.57. The Morgan fingerprint density at radius 1 is 1.39 bits per heavy atom. The zero-order chi connectivity index (χ0) is 13.3. The van der Waals surface area contributed by atoms with E-state index in [9.17, 15) is 4.79 Å². The number of amides is 1. The molecule has 1 atom stereocenters. The largest absolute Gasteiger partial charge is 0.480 e. The van der Waals surface area contributed by atoms with Crippen LogP contribution in [0.4, 0.5) is 0 Å². The number of benzene rings is 1. The summed E-state index contributed by atoms with van der Waals surface area (Å²) in [6, 6.07) is 3.79. The predicted molar refractivity (Wildman–Crippen MR) is 68.5 cm³/mol. The first-order chi connectivity index (χ1) is 8.52. The van der Waals surface area contributed by atoms with Crippen molar-refractivity contribution in [3.8, 4) is 5.75 Å². The van der Waals surface area contributed by atoms with E-state index < -0.39 is 0 Å². The molecule has 1 aliphatic rings. The third-order valence-electron chi connectivity index (χ3n) is 3.34. The van der Waals surface area contributed by atoms with Crippen molar-refractivity contribution in [1.82, 2.24) is 4.90 Å². The van der Waals surface area contributed by atoms with E-state index in [4.69, 9.17) is 9.84 Å². The van der Waals surface area contributed by atoms with Crippen LogP contribution >= 0.6 is 0 Å². The zero-order valence-electron chi connectivity index (χ0n) is 11.1. The number of hydrogen-bond acceptors (Lipinski definition) is 3. The molecule has 1 aromatic carbocycles. The van der Waals surface area contributed by atoms with Crippen molar-refractivity contribution in [1.29, 1.82) is 0 Å². The lowest BCUT2D eigenvalue weighted by Crippen LogP contribution is -2.29. The van der Waals surface area contributed by atoms with Crippen molar-refractivity contribution < 1.29 is 14.6 Å². The van der Waals surface area contributed by atoms with E-state index in [1.165, 1.54) is 0 Å². The summed E-state index contributed by atoms with van der Waals surface area (Å²) in [4.78, 5) is 13.5. The molecule has 1 aliphatic heterocycles. The number of hydrogen-bond donors (Lipinski definition) is 1. The summed E-state index contributed by atoms with van der Waals surface area (Å²) in [6.45, 7) is 4.64. The molecule has 2 rings (SSSR count). The van der Waals surface area contributed by atoms with Gasteiger partial charge in [-0.3, -0.25) is 4.79 Å². The van der Waals surface area contributed by atoms with Crippen molar-refractivity contribution in [2.75, 3.05) is 13.6 Å². The van der Waals surface area contributed by atoms with Gasteiger partial charge in [0.25, 0.3) is 5.91 Å². The molecule has 0 aliphatic carbocycles. The number of rotatable bonds is 3. The number of likely N-dealkylation sites (tertiary alicyclic amines) is 1. The molecule has 1 aromatic rings. The average Bonchev–Trinajstić information content (AvgIpc) is 2.65. The molecule has 1 unspecified atom stereocenters. The molecule has 0 radical (unpaired) electrons. The molecular weight excluding hydrogens is 230 g/mol. The minimum Gasteiger partial charge on any atom is -0.480 e. The van der Waals surface area contributed by atoms with Gasteiger partial charge in [0, 0.05) is 20.0 Å². The average molecular weight is 249 g/mol. The van der Waals surface area contributed by atoms with Crippen LogP contribution in [0.25, 0.3) is 0 Å². The van der Waals surface area contributed by atoms with Crippen LogP contribution in [0.1, 0.15) is 23.1 Å². The second-order valence-electron chi connectivity index (χ2n) is 4.87. The molecule has 1 fully saturated rings. The number of nitrogens with zero attached hydrogens (tertiary/aromatic N) is 1. The van der Waals surface area contributed by atoms with Gasteiger partial charge in [-0.2, -0.15) is 0 Å². The lowest BCUT2D eigenvalue weighted by molar-refractivity contribution is -0.132. The summed E-state index contributed by atoms with van der Waals surface area (Å²) in [6.07, 6.45) is 0.364. The van der Waals surface area contributed by atoms with Crippen molar-refractivity contribution in [3.05, 3.63) is 28.8 Å². The Morgan fingerprint density at radius 2 is 2.00 bits per heavy atom. The van der Waals surface area contributed by atoms with Gasteiger partial charge in [-0.1, -0.05) is 12.1 Å². The number of aliphatic hydroxyl groups excluding tert-OH is 1. The van der Waals surface area contributed by atoms with Gasteiger partial charge in [0.1, 0.15) is 5.75 Å². The van der Waals surface area contributed by atoms with E-state index in [2.05, 4.69) is 0 Å². The summed E-state index contributed by atoms with van der Waals surface area (Å²) in [5, 5.41) is 9.14. The Balaban J connectivity index is 2.22. The second-order valence-corrected chi connectivity index (χ2v) is 4.87. The fourth-order valence-electron chi connectivity index (χ4n) is 2.36.